The third kappa shape index (κ3) is 23.5. The molecule has 0 radical (unpaired) electrons. The summed E-state index contributed by atoms with van der Waals surface area (Å²) in [6, 6.07) is -8.42. The van der Waals surface area contributed by atoms with Gasteiger partial charge in [-0.05, 0) is 58.0 Å². The summed E-state index contributed by atoms with van der Waals surface area (Å²) in [5, 5.41) is 53.2. The minimum atomic E-state index is -1.64. The molecule has 0 heterocycles. The Labute approximate surface area is 338 Å². The molecule has 0 aliphatic heterocycles. The van der Waals surface area contributed by atoms with Crippen LogP contribution in [-0.2, 0) is 52.7 Å². The lowest BCUT2D eigenvalue weighted by molar-refractivity contribution is -0.140. The molecule has 0 aromatic carbocycles. The fourth-order valence-electron chi connectivity index (χ4n) is 4.82. The van der Waals surface area contributed by atoms with Gasteiger partial charge in [-0.15, -0.1) is 0 Å². The number of unbranched alkanes of at least 4 members (excludes halogenated alkanes) is 2. The molecule has 0 aromatic rings. The Balaban J connectivity index is 5.69. The molecule has 0 aliphatic rings. The lowest BCUT2D eigenvalue weighted by Gasteiger charge is -2.26. The zero-order valence-corrected chi connectivity index (χ0v) is 33.4. The maximum absolute atomic E-state index is 13.3. The minimum absolute atomic E-state index is 0.00263. The molecule has 0 saturated heterocycles. The van der Waals surface area contributed by atoms with Crippen molar-refractivity contribution in [3.8, 4) is 0 Å². The van der Waals surface area contributed by atoms with Crippen LogP contribution in [0.15, 0.2) is 0 Å². The Morgan fingerprint density at radius 2 is 0.983 bits per heavy atom. The van der Waals surface area contributed by atoms with Crippen molar-refractivity contribution in [1.82, 2.24) is 37.2 Å². The number of thioether (sulfide) groups is 1. The van der Waals surface area contributed by atoms with Crippen molar-refractivity contribution >= 4 is 76.9 Å². The van der Waals surface area contributed by atoms with E-state index in [4.69, 9.17) is 21.1 Å². The van der Waals surface area contributed by atoms with E-state index in [0.29, 0.717) is 25.0 Å². The monoisotopic (exact) mass is 848 g/mol. The molecule has 0 spiro atoms. The molecule has 0 unspecified atom stereocenters. The highest BCUT2D eigenvalue weighted by molar-refractivity contribution is 7.98. The van der Waals surface area contributed by atoms with E-state index in [2.05, 4.69) is 37.2 Å². The second-order valence-corrected chi connectivity index (χ2v) is 14.0. The van der Waals surface area contributed by atoms with Gasteiger partial charge in [-0.1, -0.05) is 6.42 Å². The predicted octanol–water partition coefficient (Wildman–Crippen LogP) is -3.56. The first-order valence-corrected chi connectivity index (χ1v) is 19.7. The number of carboxylic acid groups (broad SMARTS) is 3. The van der Waals surface area contributed by atoms with E-state index >= 15 is 0 Å². The summed E-state index contributed by atoms with van der Waals surface area (Å²) in [6.07, 6.45) is 0.525. The molecule has 0 fully saturated rings. The second kappa shape index (κ2) is 28.8. The summed E-state index contributed by atoms with van der Waals surface area (Å²) in [6.45, 7) is 1.66. The summed E-state index contributed by atoms with van der Waals surface area (Å²) in [5.74, 6) is -10.2. The van der Waals surface area contributed by atoms with E-state index in [9.17, 15) is 57.8 Å². The zero-order valence-electron chi connectivity index (χ0n) is 32.6. The lowest BCUT2D eigenvalue weighted by Crippen LogP contribution is -2.59. The fraction of sp³-hybridized carbons (Fsp3) is 0.676. The van der Waals surface area contributed by atoms with Crippen molar-refractivity contribution in [2.75, 3.05) is 25.2 Å². The first-order valence-electron chi connectivity index (χ1n) is 18.3. The maximum Gasteiger partial charge on any atom is 0.303 e. The number of amides is 8. The molecule has 13 N–H and O–H groups in total. The maximum atomic E-state index is 13.3. The van der Waals surface area contributed by atoms with Crippen molar-refractivity contribution in [2.45, 2.75) is 121 Å². The molecular weight excluding hydrogens is 792 g/mol. The van der Waals surface area contributed by atoms with E-state index in [1.165, 1.54) is 25.6 Å². The fourth-order valence-corrected chi connectivity index (χ4v) is 5.29. The van der Waals surface area contributed by atoms with Gasteiger partial charge in [0.15, 0.2) is 0 Å². The number of carbonyl (C=O) groups excluding carboxylic acids is 8. The number of hydrogen-bond donors (Lipinski definition) is 12. The average Bonchev–Trinajstić information content (AvgIpc) is 3.14. The number of nitrogens with two attached hydrogens (primary N) is 1. The summed E-state index contributed by atoms with van der Waals surface area (Å²) in [7, 11) is 0. The van der Waals surface area contributed by atoms with Crippen LogP contribution >= 0.6 is 11.8 Å². The zero-order chi connectivity index (χ0) is 44.4. The Kier molecular flexibility index (Phi) is 26.1. The highest BCUT2D eigenvalue weighted by Crippen LogP contribution is 2.06. The predicted molar refractivity (Wildman–Crippen MR) is 204 cm³/mol. The molecular formula is C34H56N8O15S. The number of rotatable bonds is 31. The van der Waals surface area contributed by atoms with Gasteiger partial charge in [0.1, 0.15) is 36.3 Å². The number of carboxylic acids is 3. The number of nitrogens with one attached hydrogen (secondary N) is 7. The van der Waals surface area contributed by atoms with Gasteiger partial charge in [0.2, 0.25) is 47.3 Å². The first kappa shape index (κ1) is 52.5. The molecule has 23 nitrogen and oxygen atoms in total. The first-order chi connectivity index (χ1) is 27.2. The normalized spacial score (nSPS) is 13.8. The number of aliphatic hydroxyl groups excluding tert-OH is 1. The summed E-state index contributed by atoms with van der Waals surface area (Å²) < 4.78 is 0. The molecule has 58 heavy (non-hydrogen) atoms. The van der Waals surface area contributed by atoms with Gasteiger partial charge in [-0.2, -0.15) is 11.8 Å². The Morgan fingerprint density at radius 3 is 1.52 bits per heavy atom. The third-order valence-corrected chi connectivity index (χ3v) is 8.75. The molecule has 0 rings (SSSR count). The van der Waals surface area contributed by atoms with Crippen LogP contribution in [0, 0.1) is 0 Å². The van der Waals surface area contributed by atoms with Crippen molar-refractivity contribution in [3.05, 3.63) is 0 Å². The van der Waals surface area contributed by atoms with Crippen molar-refractivity contribution < 1.29 is 73.2 Å². The quantitative estimate of drug-likeness (QED) is 0.0300. The topological polar surface area (TPSA) is 379 Å². The van der Waals surface area contributed by atoms with E-state index in [-0.39, 0.29) is 32.2 Å². The molecule has 8 amide bonds. The molecule has 6 atom stereocenters. The smallest absolute Gasteiger partial charge is 0.303 e. The van der Waals surface area contributed by atoms with Crippen molar-refractivity contribution in [1.29, 1.82) is 0 Å². The minimum Gasteiger partial charge on any atom is -0.481 e. The number of aliphatic hydroxyl groups is 1. The highest BCUT2D eigenvalue weighted by atomic mass is 32.2. The van der Waals surface area contributed by atoms with Crippen LogP contribution in [0.2, 0.25) is 0 Å². The van der Waals surface area contributed by atoms with E-state index in [0.717, 1.165) is 0 Å². The summed E-state index contributed by atoms with van der Waals surface area (Å²) in [4.78, 5) is 134. The number of hydrogen-bond acceptors (Lipinski definition) is 13. The van der Waals surface area contributed by atoms with Crippen LogP contribution in [-0.4, -0.2) is 147 Å². The van der Waals surface area contributed by atoms with Crippen LogP contribution in [0.1, 0.15) is 84.5 Å². The number of primary amides is 1. The molecule has 0 saturated carbocycles. The molecule has 24 heteroatoms. The lowest BCUT2D eigenvalue weighted by atomic mass is 10.1. The van der Waals surface area contributed by atoms with Gasteiger partial charge in [0, 0.05) is 32.2 Å². The number of aliphatic carboxylic acids is 3. The second-order valence-electron chi connectivity index (χ2n) is 13.1. The third-order valence-electron chi connectivity index (χ3n) is 8.11. The Morgan fingerprint density at radius 1 is 0.517 bits per heavy atom. The van der Waals surface area contributed by atoms with Crippen LogP contribution in [0.25, 0.3) is 0 Å². The summed E-state index contributed by atoms with van der Waals surface area (Å²) in [5.41, 5.74) is 5.21. The highest BCUT2D eigenvalue weighted by Gasteiger charge is 2.32. The van der Waals surface area contributed by atoms with Crippen LogP contribution in [0.5, 0.6) is 0 Å². The number of carbonyl (C=O) groups is 11. The summed E-state index contributed by atoms with van der Waals surface area (Å²) >= 11 is 1.30. The van der Waals surface area contributed by atoms with Gasteiger partial charge >= 0.3 is 17.9 Å². The SMILES string of the molecule is CSCC[C@H](NC(=O)[C@H](C)NC(=O)[C@H](CCC(=O)O)NC(=O)[C@H](C)NC(=O)CCC(=O)O)C(=O)N[C@@H](CO)C(=O)N[C@@H](CCC(N)=O)C(=O)NCCCCCC(=O)O. The van der Waals surface area contributed by atoms with E-state index in [1.807, 2.05) is 0 Å². The molecule has 0 bridgehead atoms. The van der Waals surface area contributed by atoms with Crippen LogP contribution in [0.4, 0.5) is 0 Å². The van der Waals surface area contributed by atoms with Crippen LogP contribution < -0.4 is 43.0 Å². The van der Waals surface area contributed by atoms with Gasteiger partial charge < -0.3 is 63.4 Å². The largest absolute Gasteiger partial charge is 0.481 e. The molecule has 0 aliphatic carbocycles. The van der Waals surface area contributed by atoms with Crippen molar-refractivity contribution in [2.24, 2.45) is 5.73 Å². The van der Waals surface area contributed by atoms with E-state index < -0.39 is 134 Å². The van der Waals surface area contributed by atoms with Crippen molar-refractivity contribution in [3.63, 3.8) is 0 Å². The van der Waals surface area contributed by atoms with Crippen LogP contribution in [0.3, 0.4) is 0 Å². The molecule has 328 valence electrons. The Bertz CT molecular complexity index is 1470. The Hall–Kier alpha value is -5.52. The van der Waals surface area contributed by atoms with E-state index in [1.54, 1.807) is 6.26 Å². The van der Waals surface area contributed by atoms with Gasteiger partial charge in [0.05, 0.1) is 13.0 Å². The van der Waals surface area contributed by atoms with Gasteiger partial charge in [-0.25, -0.2) is 0 Å². The van der Waals surface area contributed by atoms with Gasteiger partial charge in [0.25, 0.3) is 0 Å². The van der Waals surface area contributed by atoms with Gasteiger partial charge in [-0.3, -0.25) is 52.7 Å². The molecule has 0 aromatic heterocycles. The standard InChI is InChI=1S/C34H56N8O15S/c1-18(37-25(45)11-13-28(50)51)29(52)39-21(9-12-27(48)49)32(55)38-19(2)30(53)40-22(14-16-58-3)33(56)42-23(17-43)34(57)41-20(8-10-24(35)44)31(54)36-15-6-4-5-7-26(46)47/h18-23,43H,4-17H2,1-3H3,(H2,35,44)(H,36,54)(H,37,45)(H,38,55)(H,39,52)(H,40,53)(H,41,57)(H,42,56)(H,46,47)(H,48,49)(H,50,51)/t18-,19-,20-,21-,22-,23-/m0/s1. The average molecular weight is 849 g/mol.